The number of hydrogen-bond donors (Lipinski definition) is 2. The van der Waals surface area contributed by atoms with Crippen molar-refractivity contribution < 1.29 is 5.11 Å². The zero-order valence-corrected chi connectivity index (χ0v) is 11.8. The Morgan fingerprint density at radius 3 is 2.65 bits per heavy atom. The van der Waals surface area contributed by atoms with E-state index in [1.165, 1.54) is 0 Å². The second kappa shape index (κ2) is 5.85. The van der Waals surface area contributed by atoms with Crippen LogP contribution in [0.4, 0.5) is 0 Å². The average Bonchev–Trinajstić information content (AvgIpc) is 2.52. The summed E-state index contributed by atoms with van der Waals surface area (Å²) in [7, 11) is 0. The first kappa shape index (κ1) is 14.5. The van der Waals surface area contributed by atoms with E-state index in [1.807, 2.05) is 18.5 Å². The van der Waals surface area contributed by atoms with Crippen molar-refractivity contribution in [2.24, 2.45) is 0 Å². The highest BCUT2D eigenvalue weighted by atomic mass is 35.5. The van der Waals surface area contributed by atoms with Crippen molar-refractivity contribution in [3.8, 4) is 0 Å². The molecule has 0 spiro atoms. The van der Waals surface area contributed by atoms with E-state index in [9.17, 15) is 0 Å². The fourth-order valence-corrected chi connectivity index (χ4v) is 1.93. The highest BCUT2D eigenvalue weighted by Gasteiger charge is 2.19. The lowest BCUT2D eigenvalue weighted by Gasteiger charge is -2.25. The summed E-state index contributed by atoms with van der Waals surface area (Å²) in [5, 5.41) is 17.5. The number of nitrogens with one attached hydrogen (secondary N) is 1. The highest BCUT2D eigenvalue weighted by Crippen LogP contribution is 2.21. The minimum Gasteiger partial charge on any atom is -0.396 e. The molecule has 4 nitrogen and oxygen atoms in total. The zero-order valence-electron chi connectivity index (χ0n) is 11.0. The Balaban J connectivity index is 2.75. The van der Waals surface area contributed by atoms with Gasteiger partial charge in [-0.25, -0.2) is 0 Å². The van der Waals surface area contributed by atoms with Crippen molar-refractivity contribution in [2.45, 2.75) is 52.7 Å². The summed E-state index contributed by atoms with van der Waals surface area (Å²) < 4.78 is 1.92. The molecule has 1 heterocycles. The Hall–Kier alpha value is -0.580. The second-order valence-electron chi connectivity index (χ2n) is 4.87. The van der Waals surface area contributed by atoms with Crippen molar-refractivity contribution in [1.82, 2.24) is 15.1 Å². The lowest BCUT2D eigenvalue weighted by molar-refractivity contribution is 0.229. The Bertz CT molecular complexity index is 374. The Morgan fingerprint density at radius 1 is 1.47 bits per heavy atom. The van der Waals surface area contributed by atoms with Gasteiger partial charge in [0.15, 0.2) is 0 Å². The molecule has 98 valence electrons. The van der Waals surface area contributed by atoms with E-state index >= 15 is 0 Å². The van der Waals surface area contributed by atoms with Gasteiger partial charge in [-0.1, -0.05) is 11.6 Å². The Kier molecular flexibility index (Phi) is 4.98. The maximum atomic E-state index is 8.97. The number of aryl methyl sites for hydroxylation is 2. The summed E-state index contributed by atoms with van der Waals surface area (Å²) in [6, 6.07) is 0. The molecule has 0 aromatic carbocycles. The number of rotatable bonds is 6. The summed E-state index contributed by atoms with van der Waals surface area (Å²) in [5.74, 6) is 0. The number of aliphatic hydroxyl groups is 1. The van der Waals surface area contributed by atoms with E-state index in [4.69, 9.17) is 16.7 Å². The van der Waals surface area contributed by atoms with E-state index in [0.29, 0.717) is 13.0 Å². The van der Waals surface area contributed by atoms with Gasteiger partial charge in [0.05, 0.1) is 16.4 Å². The van der Waals surface area contributed by atoms with Crippen LogP contribution in [0.25, 0.3) is 0 Å². The van der Waals surface area contributed by atoms with Crippen molar-refractivity contribution in [3.63, 3.8) is 0 Å². The van der Waals surface area contributed by atoms with Crippen molar-refractivity contribution in [1.29, 1.82) is 0 Å². The molecule has 1 rings (SSSR count). The molecule has 1 aromatic heterocycles. The van der Waals surface area contributed by atoms with Crippen LogP contribution in [0.15, 0.2) is 0 Å². The van der Waals surface area contributed by atoms with Gasteiger partial charge in [0.25, 0.3) is 0 Å². The molecule has 0 aliphatic heterocycles. The molecule has 0 saturated carbocycles. The Morgan fingerprint density at radius 2 is 2.12 bits per heavy atom. The van der Waals surface area contributed by atoms with Crippen LogP contribution in [-0.4, -0.2) is 27.0 Å². The van der Waals surface area contributed by atoms with E-state index in [1.54, 1.807) is 0 Å². The molecular formula is C12H22ClN3O. The molecular weight excluding hydrogens is 238 g/mol. The predicted octanol–water partition coefficient (Wildman–Crippen LogP) is 2.12. The molecule has 0 saturated heterocycles. The summed E-state index contributed by atoms with van der Waals surface area (Å²) in [5.41, 5.74) is 1.78. The molecule has 2 N–H and O–H groups in total. The number of aromatic nitrogens is 2. The minimum absolute atomic E-state index is 0.102. The minimum atomic E-state index is -0.102. The Labute approximate surface area is 108 Å². The third-order valence-electron chi connectivity index (χ3n) is 2.92. The van der Waals surface area contributed by atoms with E-state index in [-0.39, 0.29) is 12.1 Å². The molecule has 0 aliphatic rings. The molecule has 0 radical (unpaired) electrons. The van der Waals surface area contributed by atoms with Crippen LogP contribution in [0.3, 0.4) is 0 Å². The summed E-state index contributed by atoms with van der Waals surface area (Å²) in [6.07, 6.45) is 0.712. The number of hydrogen-bond acceptors (Lipinski definition) is 3. The van der Waals surface area contributed by atoms with Crippen LogP contribution in [0, 0.1) is 6.92 Å². The number of aliphatic hydroxyl groups excluding tert-OH is 1. The SMILES string of the molecule is CCn1nc(C)c(Cl)c1CNC(C)(C)CCO. The van der Waals surface area contributed by atoms with Gasteiger partial charge in [0, 0.05) is 25.2 Å². The fourth-order valence-electron chi connectivity index (χ4n) is 1.73. The van der Waals surface area contributed by atoms with Gasteiger partial charge in [-0.05, 0) is 34.1 Å². The number of nitrogens with zero attached hydrogens (tertiary/aromatic N) is 2. The lowest BCUT2D eigenvalue weighted by Crippen LogP contribution is -2.40. The van der Waals surface area contributed by atoms with E-state index in [2.05, 4.69) is 24.3 Å². The molecule has 0 atom stereocenters. The molecule has 0 aliphatic carbocycles. The smallest absolute Gasteiger partial charge is 0.0860 e. The molecule has 0 amide bonds. The standard InChI is InChI=1S/C12H22ClN3O/c1-5-16-10(11(13)9(2)15-16)8-14-12(3,4)6-7-17/h14,17H,5-8H2,1-4H3. The normalized spacial score (nSPS) is 12.1. The maximum Gasteiger partial charge on any atom is 0.0860 e. The van der Waals surface area contributed by atoms with Crippen molar-refractivity contribution in [2.75, 3.05) is 6.61 Å². The summed E-state index contributed by atoms with van der Waals surface area (Å²) in [6.45, 7) is 9.75. The van der Waals surface area contributed by atoms with Gasteiger partial charge in [-0.15, -0.1) is 0 Å². The van der Waals surface area contributed by atoms with E-state index in [0.717, 1.165) is 23.0 Å². The van der Waals surface area contributed by atoms with Crippen molar-refractivity contribution >= 4 is 11.6 Å². The topological polar surface area (TPSA) is 50.1 Å². The summed E-state index contributed by atoms with van der Waals surface area (Å²) in [4.78, 5) is 0. The lowest BCUT2D eigenvalue weighted by atomic mass is 10.0. The van der Waals surface area contributed by atoms with Gasteiger partial charge >= 0.3 is 0 Å². The zero-order chi connectivity index (χ0) is 13.1. The van der Waals surface area contributed by atoms with Crippen LogP contribution in [-0.2, 0) is 13.1 Å². The molecule has 0 fully saturated rings. The maximum absolute atomic E-state index is 8.97. The molecule has 0 unspecified atom stereocenters. The summed E-state index contributed by atoms with van der Waals surface area (Å²) >= 11 is 6.23. The van der Waals surface area contributed by atoms with Crippen LogP contribution < -0.4 is 5.32 Å². The monoisotopic (exact) mass is 259 g/mol. The van der Waals surface area contributed by atoms with Gasteiger partial charge < -0.3 is 10.4 Å². The van der Waals surface area contributed by atoms with Crippen LogP contribution in [0.1, 0.15) is 38.6 Å². The van der Waals surface area contributed by atoms with Gasteiger partial charge in [0.1, 0.15) is 0 Å². The molecule has 0 bridgehead atoms. The first-order valence-corrected chi connectivity index (χ1v) is 6.36. The first-order valence-electron chi connectivity index (χ1n) is 5.99. The second-order valence-corrected chi connectivity index (χ2v) is 5.25. The fraction of sp³-hybridized carbons (Fsp3) is 0.750. The third kappa shape index (κ3) is 3.69. The van der Waals surface area contributed by atoms with Crippen molar-refractivity contribution in [3.05, 3.63) is 16.4 Å². The van der Waals surface area contributed by atoms with E-state index < -0.39 is 0 Å². The molecule has 17 heavy (non-hydrogen) atoms. The van der Waals surface area contributed by atoms with Crippen LogP contribution >= 0.6 is 11.6 Å². The van der Waals surface area contributed by atoms with Gasteiger partial charge in [-0.2, -0.15) is 5.10 Å². The first-order chi connectivity index (χ1) is 7.91. The molecule has 5 heteroatoms. The largest absolute Gasteiger partial charge is 0.396 e. The van der Waals surface area contributed by atoms with Gasteiger partial charge in [0.2, 0.25) is 0 Å². The van der Waals surface area contributed by atoms with Crippen LogP contribution in [0.2, 0.25) is 5.02 Å². The highest BCUT2D eigenvalue weighted by molar-refractivity contribution is 6.31. The predicted molar refractivity (Wildman–Crippen MR) is 70.3 cm³/mol. The third-order valence-corrected chi connectivity index (χ3v) is 3.42. The van der Waals surface area contributed by atoms with Gasteiger partial charge in [-0.3, -0.25) is 4.68 Å². The average molecular weight is 260 g/mol. The van der Waals surface area contributed by atoms with Crippen LogP contribution in [0.5, 0.6) is 0 Å². The quantitative estimate of drug-likeness (QED) is 0.823. The molecule has 1 aromatic rings. The number of halogens is 1.